The van der Waals surface area contributed by atoms with Gasteiger partial charge in [0.1, 0.15) is 6.04 Å². The van der Waals surface area contributed by atoms with Crippen LogP contribution in [0.1, 0.15) is 39.0 Å². The van der Waals surface area contributed by atoms with E-state index in [-0.39, 0.29) is 6.04 Å². The van der Waals surface area contributed by atoms with E-state index < -0.39 is 5.97 Å². The molecule has 3 aliphatic rings. The highest BCUT2D eigenvalue weighted by Crippen LogP contribution is 2.34. The monoisotopic (exact) mass is 252 g/mol. The first-order valence-electron chi connectivity index (χ1n) is 7.39. The summed E-state index contributed by atoms with van der Waals surface area (Å²) in [4.78, 5) is 16.3. The molecule has 0 aromatic heterocycles. The van der Waals surface area contributed by atoms with Crippen LogP contribution in [-0.2, 0) is 4.79 Å². The summed E-state index contributed by atoms with van der Waals surface area (Å²) < 4.78 is 0. The minimum Gasteiger partial charge on any atom is -0.480 e. The second-order valence-corrected chi connectivity index (χ2v) is 6.30. The number of carboxylic acids is 1. The van der Waals surface area contributed by atoms with Crippen LogP contribution in [0.4, 0.5) is 0 Å². The van der Waals surface area contributed by atoms with Crippen molar-refractivity contribution < 1.29 is 9.90 Å². The number of aliphatic carboxylic acids is 1. The van der Waals surface area contributed by atoms with Crippen molar-refractivity contribution in [2.75, 3.05) is 19.6 Å². The molecule has 0 aromatic carbocycles. The van der Waals surface area contributed by atoms with Crippen molar-refractivity contribution in [2.45, 2.75) is 57.2 Å². The Morgan fingerprint density at radius 2 is 1.94 bits per heavy atom. The summed E-state index contributed by atoms with van der Waals surface area (Å²) in [7, 11) is 0. The fourth-order valence-electron chi connectivity index (χ4n) is 4.28. The van der Waals surface area contributed by atoms with E-state index in [1.54, 1.807) is 0 Å². The van der Waals surface area contributed by atoms with E-state index >= 15 is 0 Å². The number of piperidine rings is 1. The molecule has 1 N–H and O–H groups in total. The molecule has 3 fully saturated rings. The molecule has 102 valence electrons. The molecule has 0 saturated carbocycles. The average Bonchev–Trinajstić information content (AvgIpc) is 2.93. The zero-order valence-electron chi connectivity index (χ0n) is 11.2. The molecule has 4 unspecified atom stereocenters. The summed E-state index contributed by atoms with van der Waals surface area (Å²) in [6, 6.07) is 1.01. The van der Waals surface area contributed by atoms with Gasteiger partial charge < -0.3 is 10.0 Å². The molecule has 3 heterocycles. The average molecular weight is 252 g/mol. The van der Waals surface area contributed by atoms with Crippen molar-refractivity contribution in [3.8, 4) is 0 Å². The molecule has 4 heteroatoms. The second-order valence-electron chi connectivity index (χ2n) is 6.30. The highest BCUT2D eigenvalue weighted by atomic mass is 16.4. The number of nitrogens with zero attached hydrogens (tertiary/aromatic N) is 2. The van der Waals surface area contributed by atoms with Crippen LogP contribution in [0, 0.1) is 5.92 Å². The van der Waals surface area contributed by atoms with Gasteiger partial charge in [0.25, 0.3) is 0 Å². The third-order valence-corrected chi connectivity index (χ3v) is 5.25. The van der Waals surface area contributed by atoms with Crippen molar-refractivity contribution in [3.63, 3.8) is 0 Å². The van der Waals surface area contributed by atoms with Crippen molar-refractivity contribution in [1.82, 2.24) is 9.80 Å². The second kappa shape index (κ2) is 4.82. The quantitative estimate of drug-likeness (QED) is 0.807. The normalized spacial score (nSPS) is 42.1. The standard InChI is InChI=1S/C14H24N2O2/c1-10-4-8-16(13(10)14(17)18)12-5-7-15-6-2-3-11(15)9-12/h10-13H,2-9H2,1H3,(H,17,18). The van der Waals surface area contributed by atoms with Gasteiger partial charge in [0.05, 0.1) is 0 Å². The fourth-order valence-corrected chi connectivity index (χ4v) is 4.28. The Hall–Kier alpha value is -0.610. The molecule has 4 atom stereocenters. The van der Waals surface area contributed by atoms with E-state index in [2.05, 4.69) is 16.7 Å². The van der Waals surface area contributed by atoms with Gasteiger partial charge in [0, 0.05) is 12.1 Å². The minimum absolute atomic E-state index is 0.233. The zero-order chi connectivity index (χ0) is 12.7. The van der Waals surface area contributed by atoms with Gasteiger partial charge >= 0.3 is 5.97 Å². The van der Waals surface area contributed by atoms with Gasteiger partial charge in [-0.3, -0.25) is 9.69 Å². The molecule has 0 bridgehead atoms. The van der Waals surface area contributed by atoms with E-state index in [4.69, 9.17) is 0 Å². The SMILES string of the molecule is CC1CCN(C2CCN3CCCC3C2)C1C(=O)O. The zero-order valence-corrected chi connectivity index (χ0v) is 11.2. The molecule has 4 nitrogen and oxygen atoms in total. The van der Waals surface area contributed by atoms with Crippen LogP contribution in [0.2, 0.25) is 0 Å². The van der Waals surface area contributed by atoms with Crippen LogP contribution in [0.15, 0.2) is 0 Å². The van der Waals surface area contributed by atoms with Crippen molar-refractivity contribution in [1.29, 1.82) is 0 Å². The van der Waals surface area contributed by atoms with E-state index in [0.717, 1.165) is 25.4 Å². The molecule has 0 aromatic rings. The van der Waals surface area contributed by atoms with Gasteiger partial charge in [0.2, 0.25) is 0 Å². The van der Waals surface area contributed by atoms with E-state index in [1.807, 2.05) is 0 Å². The molecule has 18 heavy (non-hydrogen) atoms. The van der Waals surface area contributed by atoms with E-state index in [1.165, 1.54) is 32.4 Å². The van der Waals surface area contributed by atoms with Crippen LogP contribution in [-0.4, -0.2) is 58.6 Å². The van der Waals surface area contributed by atoms with Crippen LogP contribution in [0.3, 0.4) is 0 Å². The maximum atomic E-state index is 11.4. The highest BCUT2D eigenvalue weighted by Gasteiger charge is 2.43. The lowest BCUT2D eigenvalue weighted by Gasteiger charge is -2.41. The summed E-state index contributed by atoms with van der Waals surface area (Å²) in [5.41, 5.74) is 0. The van der Waals surface area contributed by atoms with Crippen LogP contribution < -0.4 is 0 Å². The first-order chi connectivity index (χ1) is 8.66. The Kier molecular flexibility index (Phi) is 3.32. The van der Waals surface area contributed by atoms with Crippen molar-refractivity contribution in [3.05, 3.63) is 0 Å². The summed E-state index contributed by atoms with van der Waals surface area (Å²) >= 11 is 0. The fraction of sp³-hybridized carbons (Fsp3) is 0.929. The molecule has 0 amide bonds. The maximum Gasteiger partial charge on any atom is 0.321 e. The first kappa shape index (κ1) is 12.4. The molecule has 0 spiro atoms. The van der Waals surface area contributed by atoms with Gasteiger partial charge in [-0.1, -0.05) is 6.92 Å². The lowest BCUT2D eigenvalue weighted by atomic mass is 9.94. The molecular weight excluding hydrogens is 228 g/mol. The maximum absolute atomic E-state index is 11.4. The predicted octanol–water partition coefficient (Wildman–Crippen LogP) is 1.41. The minimum atomic E-state index is -0.617. The van der Waals surface area contributed by atoms with Gasteiger partial charge in [0.15, 0.2) is 0 Å². The lowest BCUT2D eigenvalue weighted by molar-refractivity contribution is -0.144. The number of hydrogen-bond donors (Lipinski definition) is 1. The van der Waals surface area contributed by atoms with Gasteiger partial charge in [-0.15, -0.1) is 0 Å². The Balaban J connectivity index is 1.69. The van der Waals surface area contributed by atoms with Crippen LogP contribution in [0.5, 0.6) is 0 Å². The predicted molar refractivity (Wildman–Crippen MR) is 69.5 cm³/mol. The van der Waals surface area contributed by atoms with Crippen molar-refractivity contribution in [2.24, 2.45) is 5.92 Å². The Bertz CT molecular complexity index is 334. The lowest BCUT2D eigenvalue weighted by Crippen LogP contribution is -2.51. The summed E-state index contributed by atoms with van der Waals surface area (Å²) in [5, 5.41) is 9.42. The third kappa shape index (κ3) is 2.05. The van der Waals surface area contributed by atoms with Crippen LogP contribution in [0.25, 0.3) is 0 Å². The van der Waals surface area contributed by atoms with Gasteiger partial charge in [-0.2, -0.15) is 0 Å². The molecule has 3 saturated heterocycles. The molecule has 0 radical (unpaired) electrons. The summed E-state index contributed by atoms with van der Waals surface area (Å²) in [5.74, 6) is -0.307. The number of hydrogen-bond acceptors (Lipinski definition) is 3. The van der Waals surface area contributed by atoms with Crippen LogP contribution >= 0.6 is 0 Å². The third-order valence-electron chi connectivity index (χ3n) is 5.25. The largest absolute Gasteiger partial charge is 0.480 e. The van der Waals surface area contributed by atoms with E-state index in [0.29, 0.717) is 12.0 Å². The Morgan fingerprint density at radius 3 is 2.72 bits per heavy atom. The Morgan fingerprint density at radius 1 is 1.11 bits per heavy atom. The number of likely N-dealkylation sites (tertiary alicyclic amines) is 1. The number of rotatable bonds is 2. The molecule has 3 aliphatic heterocycles. The van der Waals surface area contributed by atoms with Crippen molar-refractivity contribution >= 4 is 5.97 Å². The van der Waals surface area contributed by atoms with E-state index in [9.17, 15) is 9.90 Å². The molecule has 0 aliphatic carbocycles. The summed E-state index contributed by atoms with van der Waals surface area (Å²) in [6.45, 7) is 5.50. The topological polar surface area (TPSA) is 43.8 Å². The number of carbonyl (C=O) groups is 1. The number of carboxylic acid groups (broad SMARTS) is 1. The molecular formula is C14H24N2O2. The summed E-state index contributed by atoms with van der Waals surface area (Å²) in [6.07, 6.45) is 6.04. The first-order valence-corrected chi connectivity index (χ1v) is 7.39. The van der Waals surface area contributed by atoms with Gasteiger partial charge in [-0.25, -0.2) is 0 Å². The molecule has 3 rings (SSSR count). The Labute approximate surface area is 109 Å². The smallest absolute Gasteiger partial charge is 0.321 e. The number of fused-ring (bicyclic) bond motifs is 1. The highest BCUT2D eigenvalue weighted by molar-refractivity contribution is 5.74. The van der Waals surface area contributed by atoms with Gasteiger partial charge in [-0.05, 0) is 57.7 Å².